The maximum absolute atomic E-state index is 12.5. The molecule has 0 bridgehead atoms. The van der Waals surface area contributed by atoms with E-state index in [0.29, 0.717) is 17.1 Å². The summed E-state index contributed by atoms with van der Waals surface area (Å²) in [5.41, 5.74) is 0.758. The average molecular weight is 345 g/mol. The zero-order valence-electron chi connectivity index (χ0n) is 12.6. The molecule has 0 aliphatic carbocycles. The highest BCUT2D eigenvalue weighted by molar-refractivity contribution is 6.33. The van der Waals surface area contributed by atoms with Crippen LogP contribution in [-0.2, 0) is 7.05 Å². The molecule has 0 spiro atoms. The van der Waals surface area contributed by atoms with Crippen LogP contribution in [0.25, 0.3) is 5.82 Å². The smallest absolute Gasteiger partial charge is 0.337 e. The number of carbonyl (C=O) groups excluding carboxylic acids is 1. The molecule has 0 aliphatic rings. The van der Waals surface area contributed by atoms with Crippen LogP contribution in [0.5, 0.6) is 0 Å². The van der Waals surface area contributed by atoms with E-state index in [1.165, 1.54) is 24.4 Å². The van der Waals surface area contributed by atoms with Gasteiger partial charge in [-0.05, 0) is 30.3 Å². The van der Waals surface area contributed by atoms with Crippen LogP contribution in [-0.4, -0.2) is 31.3 Å². The molecular weight excluding hydrogens is 332 g/mol. The predicted molar refractivity (Wildman–Crippen MR) is 88.9 cm³/mol. The van der Waals surface area contributed by atoms with Crippen molar-refractivity contribution in [1.29, 1.82) is 0 Å². The molecule has 0 saturated heterocycles. The second-order valence-electron chi connectivity index (χ2n) is 5.05. The van der Waals surface area contributed by atoms with E-state index in [4.69, 9.17) is 16.7 Å². The molecule has 7 nitrogen and oxygen atoms in total. The summed E-state index contributed by atoms with van der Waals surface area (Å²) in [7, 11) is 1.74. The van der Waals surface area contributed by atoms with Gasteiger partial charge in [0.25, 0.3) is 5.91 Å². The van der Waals surface area contributed by atoms with Gasteiger partial charge in [-0.25, -0.2) is 4.79 Å². The van der Waals surface area contributed by atoms with E-state index in [1.54, 1.807) is 16.3 Å². The van der Waals surface area contributed by atoms with Crippen LogP contribution >= 0.6 is 11.6 Å². The van der Waals surface area contributed by atoms with Gasteiger partial charge in [0, 0.05) is 25.1 Å². The topological polar surface area (TPSA) is 89.2 Å². The Bertz CT molecular complexity index is 916. The number of rotatable bonds is 4. The highest BCUT2D eigenvalue weighted by Gasteiger charge is 2.18. The number of nitrogens with zero attached hydrogens (tertiary/aromatic N) is 3. The summed E-state index contributed by atoms with van der Waals surface area (Å²) >= 11 is 5.92. The van der Waals surface area contributed by atoms with Crippen LogP contribution in [0.3, 0.4) is 0 Å². The van der Waals surface area contributed by atoms with Crippen LogP contribution < -0.4 is 5.32 Å². The molecule has 0 saturated carbocycles. The molecule has 0 radical (unpaired) electrons. The van der Waals surface area contributed by atoms with Gasteiger partial charge in [0.1, 0.15) is 11.4 Å². The molecule has 2 N–H and O–H groups in total. The second-order valence-corrected chi connectivity index (χ2v) is 5.46. The zero-order chi connectivity index (χ0) is 17.3. The fourth-order valence-corrected chi connectivity index (χ4v) is 2.60. The van der Waals surface area contributed by atoms with Crippen molar-refractivity contribution < 1.29 is 14.7 Å². The van der Waals surface area contributed by atoms with Crippen molar-refractivity contribution in [3.05, 3.63) is 65.1 Å². The van der Waals surface area contributed by atoms with Gasteiger partial charge in [0.05, 0.1) is 16.8 Å². The number of anilines is 1. The number of benzene rings is 1. The minimum Gasteiger partial charge on any atom is -0.478 e. The fraction of sp³-hybridized carbons (Fsp3) is 0.0625. The van der Waals surface area contributed by atoms with Crippen LogP contribution in [0.15, 0.2) is 48.9 Å². The first-order valence-corrected chi connectivity index (χ1v) is 7.34. The summed E-state index contributed by atoms with van der Waals surface area (Å²) < 4.78 is 3.37. The standard InChI is InChI=1S/C16H13ClN4O3/c1-20-15(21-6-2-3-7-21)12(9-18-20)14(22)19-10-4-5-11(16(23)24)13(17)8-10/h2-9H,1H3,(H,19,22)(H,23,24). The number of carbonyl (C=O) groups is 2. The fourth-order valence-electron chi connectivity index (χ4n) is 2.34. The van der Waals surface area contributed by atoms with Crippen molar-refractivity contribution >= 4 is 29.2 Å². The number of aromatic nitrogens is 3. The van der Waals surface area contributed by atoms with Crippen LogP contribution in [0.2, 0.25) is 5.02 Å². The van der Waals surface area contributed by atoms with Crippen molar-refractivity contribution in [3.63, 3.8) is 0 Å². The third kappa shape index (κ3) is 2.89. The molecule has 8 heteroatoms. The van der Waals surface area contributed by atoms with Crippen LogP contribution in [0, 0.1) is 0 Å². The Kier molecular flexibility index (Phi) is 4.09. The molecular formula is C16H13ClN4O3. The molecule has 122 valence electrons. The van der Waals surface area contributed by atoms with Crippen molar-refractivity contribution in [3.8, 4) is 5.82 Å². The Morgan fingerprint density at radius 1 is 1.21 bits per heavy atom. The molecule has 1 amide bonds. The summed E-state index contributed by atoms with van der Waals surface area (Å²) in [6, 6.07) is 7.92. The quantitative estimate of drug-likeness (QED) is 0.761. The molecule has 1 aromatic carbocycles. The summed E-state index contributed by atoms with van der Waals surface area (Å²) in [6.45, 7) is 0. The predicted octanol–water partition coefficient (Wildman–Crippen LogP) is 2.81. The number of amides is 1. The van der Waals surface area contributed by atoms with E-state index in [9.17, 15) is 9.59 Å². The first-order valence-electron chi connectivity index (χ1n) is 6.97. The lowest BCUT2D eigenvalue weighted by atomic mass is 10.2. The zero-order valence-corrected chi connectivity index (χ0v) is 13.4. The number of halogens is 1. The molecule has 3 aromatic rings. The van der Waals surface area contributed by atoms with E-state index in [1.807, 2.05) is 24.5 Å². The minimum absolute atomic E-state index is 0.0240. The van der Waals surface area contributed by atoms with E-state index in [0.717, 1.165) is 0 Å². The summed E-state index contributed by atoms with van der Waals surface area (Å²) in [5, 5.41) is 15.8. The maximum Gasteiger partial charge on any atom is 0.337 e. The van der Waals surface area contributed by atoms with Gasteiger partial charge in [-0.1, -0.05) is 11.6 Å². The lowest BCUT2D eigenvalue weighted by Crippen LogP contribution is -2.15. The normalized spacial score (nSPS) is 10.6. The summed E-state index contributed by atoms with van der Waals surface area (Å²) in [5.74, 6) is -0.878. The SMILES string of the molecule is Cn1ncc(C(=O)Nc2ccc(C(=O)O)c(Cl)c2)c1-n1cccc1. The van der Waals surface area contributed by atoms with Gasteiger partial charge < -0.3 is 15.0 Å². The molecule has 0 atom stereocenters. The number of hydrogen-bond acceptors (Lipinski definition) is 3. The largest absolute Gasteiger partial charge is 0.478 e. The van der Waals surface area contributed by atoms with E-state index in [-0.39, 0.29) is 16.5 Å². The monoisotopic (exact) mass is 344 g/mol. The van der Waals surface area contributed by atoms with Crippen molar-refractivity contribution in [2.45, 2.75) is 0 Å². The second kappa shape index (κ2) is 6.21. The van der Waals surface area contributed by atoms with Gasteiger partial charge in [-0.3, -0.25) is 9.48 Å². The molecule has 3 rings (SSSR count). The van der Waals surface area contributed by atoms with Crippen molar-refractivity contribution in [2.24, 2.45) is 7.05 Å². The Morgan fingerprint density at radius 2 is 1.92 bits per heavy atom. The Balaban J connectivity index is 1.89. The summed E-state index contributed by atoms with van der Waals surface area (Å²) in [4.78, 5) is 23.5. The number of carboxylic acid groups (broad SMARTS) is 1. The first kappa shape index (κ1) is 15.8. The van der Waals surface area contributed by atoms with E-state index < -0.39 is 5.97 Å². The molecule has 2 aromatic heterocycles. The number of hydrogen-bond donors (Lipinski definition) is 2. The first-order chi connectivity index (χ1) is 11.5. The van der Waals surface area contributed by atoms with Crippen molar-refractivity contribution in [2.75, 3.05) is 5.32 Å². The third-order valence-corrected chi connectivity index (χ3v) is 3.77. The molecule has 2 heterocycles. The number of carboxylic acids is 1. The van der Waals surface area contributed by atoms with Gasteiger partial charge in [-0.2, -0.15) is 5.10 Å². The van der Waals surface area contributed by atoms with E-state index >= 15 is 0 Å². The van der Waals surface area contributed by atoms with Gasteiger partial charge >= 0.3 is 5.97 Å². The highest BCUT2D eigenvalue weighted by Crippen LogP contribution is 2.22. The van der Waals surface area contributed by atoms with Crippen molar-refractivity contribution in [1.82, 2.24) is 14.3 Å². The van der Waals surface area contributed by atoms with Gasteiger partial charge in [-0.15, -0.1) is 0 Å². The minimum atomic E-state index is -1.12. The Morgan fingerprint density at radius 3 is 2.54 bits per heavy atom. The number of aromatic carboxylic acids is 1. The maximum atomic E-state index is 12.5. The Hall–Kier alpha value is -3.06. The molecule has 24 heavy (non-hydrogen) atoms. The van der Waals surface area contributed by atoms with Crippen LogP contribution in [0.4, 0.5) is 5.69 Å². The summed E-state index contributed by atoms with van der Waals surface area (Å²) in [6.07, 6.45) is 5.09. The highest BCUT2D eigenvalue weighted by atomic mass is 35.5. The van der Waals surface area contributed by atoms with Gasteiger partial charge in [0.15, 0.2) is 0 Å². The molecule has 0 aliphatic heterocycles. The average Bonchev–Trinajstić information content (AvgIpc) is 3.15. The molecule has 0 fully saturated rings. The number of nitrogens with one attached hydrogen (secondary N) is 1. The number of aryl methyl sites for hydroxylation is 1. The Labute approximate surface area is 142 Å². The molecule has 0 unspecified atom stereocenters. The lowest BCUT2D eigenvalue weighted by molar-refractivity contribution is 0.0697. The third-order valence-electron chi connectivity index (χ3n) is 3.46. The van der Waals surface area contributed by atoms with Crippen LogP contribution in [0.1, 0.15) is 20.7 Å². The van der Waals surface area contributed by atoms with Gasteiger partial charge in [0.2, 0.25) is 0 Å². The van der Waals surface area contributed by atoms with E-state index in [2.05, 4.69) is 10.4 Å². The lowest BCUT2D eigenvalue weighted by Gasteiger charge is -2.09.